The van der Waals surface area contributed by atoms with Gasteiger partial charge in [0.2, 0.25) is 15.9 Å². The summed E-state index contributed by atoms with van der Waals surface area (Å²) in [6.45, 7) is 2.16. The first-order valence-electron chi connectivity index (χ1n) is 10.6. The van der Waals surface area contributed by atoms with Crippen molar-refractivity contribution in [2.24, 2.45) is 0 Å². The molecule has 1 saturated heterocycles. The predicted octanol–water partition coefficient (Wildman–Crippen LogP) is 2.80. The van der Waals surface area contributed by atoms with E-state index in [0.717, 1.165) is 43.5 Å². The van der Waals surface area contributed by atoms with E-state index >= 15 is 4.39 Å². The number of halogens is 1. The number of alkyl halides is 1. The van der Waals surface area contributed by atoms with Gasteiger partial charge in [-0.05, 0) is 49.8 Å². The van der Waals surface area contributed by atoms with Crippen LogP contribution in [-0.2, 0) is 14.8 Å². The second-order valence-electron chi connectivity index (χ2n) is 8.60. The first-order chi connectivity index (χ1) is 13.8. The zero-order valence-corrected chi connectivity index (χ0v) is 17.8. The van der Waals surface area contributed by atoms with Crippen molar-refractivity contribution in [2.75, 3.05) is 32.6 Å². The number of hydrogen-bond acceptors (Lipinski definition) is 5. The molecule has 1 N–H and O–H groups in total. The van der Waals surface area contributed by atoms with E-state index in [2.05, 4.69) is 15.7 Å². The molecule has 1 aromatic carbocycles. The highest BCUT2D eigenvalue weighted by Gasteiger charge is 2.41. The van der Waals surface area contributed by atoms with Crippen LogP contribution in [0.4, 0.5) is 4.39 Å². The third kappa shape index (κ3) is 5.10. The van der Waals surface area contributed by atoms with Gasteiger partial charge >= 0.3 is 0 Å². The number of rotatable bonds is 2. The lowest BCUT2D eigenvalue weighted by Gasteiger charge is -2.42. The van der Waals surface area contributed by atoms with Crippen LogP contribution >= 0.6 is 0 Å². The molecule has 2 fully saturated rings. The van der Waals surface area contributed by atoms with Crippen molar-refractivity contribution in [2.45, 2.75) is 62.4 Å². The van der Waals surface area contributed by atoms with Gasteiger partial charge < -0.3 is 9.47 Å². The molecule has 1 saturated carbocycles. The Bertz CT molecular complexity index is 811. The van der Waals surface area contributed by atoms with Crippen molar-refractivity contribution in [1.29, 1.82) is 0 Å². The number of sulfonamides is 1. The molecule has 2 bridgehead atoms. The normalized spacial score (nSPS) is 34.1. The van der Waals surface area contributed by atoms with Crippen LogP contribution < -0.4 is 9.46 Å². The Balaban J connectivity index is 1.59. The summed E-state index contributed by atoms with van der Waals surface area (Å²) in [5.74, 6) is -0.482. The van der Waals surface area contributed by atoms with Gasteiger partial charge in [-0.1, -0.05) is 18.2 Å². The van der Waals surface area contributed by atoms with Gasteiger partial charge in [-0.15, -0.1) is 0 Å². The van der Waals surface area contributed by atoms with Gasteiger partial charge in [-0.3, -0.25) is 4.90 Å². The molecule has 0 spiro atoms. The number of piperidine rings is 1. The van der Waals surface area contributed by atoms with Crippen LogP contribution in [0.1, 0.15) is 50.0 Å². The lowest BCUT2D eigenvalue weighted by molar-refractivity contribution is -0.180. The number of fused-ring (bicyclic) bond motifs is 5. The van der Waals surface area contributed by atoms with E-state index in [-0.39, 0.29) is 24.6 Å². The molecule has 4 aliphatic rings. The van der Waals surface area contributed by atoms with E-state index in [0.29, 0.717) is 26.0 Å². The molecular formula is C21H31FN2O4S. The zero-order chi connectivity index (χ0) is 20.5. The van der Waals surface area contributed by atoms with E-state index in [1.807, 2.05) is 18.2 Å². The number of nitrogens with one attached hydrogen (secondary N) is 1. The molecule has 162 valence electrons. The quantitative estimate of drug-likeness (QED) is 0.788. The fourth-order valence-electron chi connectivity index (χ4n) is 5.00. The maximum absolute atomic E-state index is 15.4. The number of benzene rings is 1. The average Bonchev–Trinajstić information content (AvgIpc) is 2.68. The molecule has 1 aliphatic carbocycles. The number of hydrogen-bond donors (Lipinski definition) is 1. The van der Waals surface area contributed by atoms with Gasteiger partial charge in [-0.25, -0.2) is 17.5 Å². The lowest BCUT2D eigenvalue weighted by atomic mass is 9.81. The monoisotopic (exact) mass is 426 g/mol. The SMILES string of the molecule is CS(=O)(=O)NC1CCCN2CCOc3ccccc3C3CCC(F)(CC3)OC[C@@H]12. The van der Waals surface area contributed by atoms with Gasteiger partial charge in [0.25, 0.3) is 0 Å². The molecule has 2 atom stereocenters. The molecule has 5 rings (SSSR count). The maximum Gasteiger partial charge on any atom is 0.209 e. The standard InChI is InChI=1S/C21H31FN2O4S/c1-29(25,26)23-18-6-4-12-24-13-14-27-20-7-3-2-5-17(20)16-8-10-21(22,11-9-16)28-15-19(18)24/h2-3,5,7,16,18-19,23H,4,6,8-15H2,1H3/t16?,18?,19-,21?/m0/s1. The molecule has 1 aromatic rings. The van der Waals surface area contributed by atoms with E-state index < -0.39 is 15.9 Å². The first-order valence-corrected chi connectivity index (χ1v) is 12.5. The second kappa shape index (κ2) is 8.49. The van der Waals surface area contributed by atoms with Crippen LogP contribution in [0, 0.1) is 0 Å². The Hall–Kier alpha value is -1.22. The van der Waals surface area contributed by atoms with Gasteiger partial charge in [0.15, 0.2) is 0 Å². The first kappa shape index (κ1) is 21.0. The average molecular weight is 427 g/mol. The lowest BCUT2D eigenvalue weighted by Crippen LogP contribution is -2.58. The third-order valence-corrected chi connectivity index (χ3v) is 7.23. The van der Waals surface area contributed by atoms with E-state index in [1.165, 1.54) is 6.26 Å². The molecule has 6 nitrogen and oxygen atoms in total. The van der Waals surface area contributed by atoms with Crippen LogP contribution in [0.3, 0.4) is 0 Å². The maximum atomic E-state index is 15.4. The summed E-state index contributed by atoms with van der Waals surface area (Å²) >= 11 is 0. The van der Waals surface area contributed by atoms with Crippen molar-refractivity contribution in [1.82, 2.24) is 9.62 Å². The number of ether oxygens (including phenoxy) is 2. The Morgan fingerprint density at radius 1 is 1.17 bits per heavy atom. The summed E-state index contributed by atoms with van der Waals surface area (Å²) in [4.78, 5) is 2.18. The minimum Gasteiger partial charge on any atom is -0.492 e. The Morgan fingerprint density at radius 3 is 2.69 bits per heavy atom. The van der Waals surface area contributed by atoms with Crippen LogP contribution in [0.5, 0.6) is 5.75 Å². The van der Waals surface area contributed by atoms with Crippen LogP contribution in [0.15, 0.2) is 24.3 Å². The summed E-state index contributed by atoms with van der Waals surface area (Å²) < 4.78 is 53.9. The number of nitrogens with zero attached hydrogens (tertiary/aromatic N) is 1. The molecule has 3 aliphatic heterocycles. The summed E-state index contributed by atoms with van der Waals surface area (Å²) in [5, 5.41) is 0. The predicted molar refractivity (Wildman–Crippen MR) is 109 cm³/mol. The van der Waals surface area contributed by atoms with E-state index in [9.17, 15) is 8.42 Å². The molecule has 29 heavy (non-hydrogen) atoms. The highest BCUT2D eigenvalue weighted by Crippen LogP contribution is 2.43. The molecule has 0 radical (unpaired) electrons. The molecular weight excluding hydrogens is 395 g/mol. The smallest absolute Gasteiger partial charge is 0.209 e. The van der Waals surface area contributed by atoms with E-state index in [1.54, 1.807) is 0 Å². The fourth-order valence-corrected chi connectivity index (χ4v) is 5.82. The Kier molecular flexibility index (Phi) is 6.16. The van der Waals surface area contributed by atoms with Crippen LogP contribution in [0.2, 0.25) is 0 Å². The van der Waals surface area contributed by atoms with E-state index in [4.69, 9.17) is 9.47 Å². The largest absolute Gasteiger partial charge is 0.492 e. The number of para-hydroxylation sites is 1. The van der Waals surface area contributed by atoms with Crippen molar-refractivity contribution in [3.8, 4) is 5.75 Å². The molecule has 0 aromatic heterocycles. The van der Waals surface area contributed by atoms with Crippen molar-refractivity contribution >= 4 is 10.0 Å². The molecule has 3 heterocycles. The van der Waals surface area contributed by atoms with Gasteiger partial charge in [0, 0.05) is 31.5 Å². The van der Waals surface area contributed by atoms with Crippen molar-refractivity contribution < 1.29 is 22.3 Å². The summed E-state index contributed by atoms with van der Waals surface area (Å²) in [6.07, 6.45) is 4.91. The zero-order valence-electron chi connectivity index (χ0n) is 17.0. The Morgan fingerprint density at radius 2 is 1.93 bits per heavy atom. The van der Waals surface area contributed by atoms with Crippen LogP contribution in [0.25, 0.3) is 0 Å². The molecule has 8 heteroatoms. The molecule has 1 unspecified atom stereocenters. The fraction of sp³-hybridized carbons (Fsp3) is 0.714. The van der Waals surface area contributed by atoms with Crippen LogP contribution in [-0.4, -0.2) is 63.8 Å². The van der Waals surface area contributed by atoms with Crippen molar-refractivity contribution in [3.63, 3.8) is 0 Å². The van der Waals surface area contributed by atoms with Gasteiger partial charge in [0.1, 0.15) is 12.4 Å². The molecule has 0 amide bonds. The minimum absolute atomic E-state index is 0.182. The highest BCUT2D eigenvalue weighted by atomic mass is 32.2. The highest BCUT2D eigenvalue weighted by molar-refractivity contribution is 7.88. The summed E-state index contributed by atoms with van der Waals surface area (Å²) in [6, 6.07) is 7.57. The van der Waals surface area contributed by atoms with Gasteiger partial charge in [0.05, 0.1) is 12.9 Å². The summed E-state index contributed by atoms with van der Waals surface area (Å²) in [7, 11) is -3.35. The second-order valence-corrected chi connectivity index (χ2v) is 10.4. The third-order valence-electron chi connectivity index (χ3n) is 6.50. The van der Waals surface area contributed by atoms with Gasteiger partial charge in [-0.2, -0.15) is 0 Å². The van der Waals surface area contributed by atoms with Crippen molar-refractivity contribution in [3.05, 3.63) is 29.8 Å². The Labute approximate surface area is 172 Å². The minimum atomic E-state index is -3.35. The summed E-state index contributed by atoms with van der Waals surface area (Å²) in [5.41, 5.74) is 1.15. The topological polar surface area (TPSA) is 67.9 Å².